The van der Waals surface area contributed by atoms with E-state index in [-0.39, 0.29) is 11.4 Å². The number of hydrogen-bond acceptors (Lipinski definition) is 5. The van der Waals surface area contributed by atoms with Crippen molar-refractivity contribution in [3.8, 4) is 0 Å². The van der Waals surface area contributed by atoms with E-state index in [1.54, 1.807) is 11.3 Å². The predicted octanol–water partition coefficient (Wildman–Crippen LogP) is 2.09. The number of carbonyl (C=O) groups is 1. The van der Waals surface area contributed by atoms with Crippen molar-refractivity contribution < 1.29 is 9.53 Å². The molecule has 0 aliphatic carbocycles. The number of methoxy groups -OCH3 is 1. The van der Waals surface area contributed by atoms with Gasteiger partial charge in [-0.15, -0.1) is 11.3 Å². The lowest BCUT2D eigenvalue weighted by Crippen LogP contribution is -2.19. The van der Waals surface area contributed by atoms with E-state index in [1.807, 2.05) is 0 Å². The predicted molar refractivity (Wildman–Crippen MR) is 69.2 cm³/mol. The molecule has 1 rings (SSSR count). The van der Waals surface area contributed by atoms with Crippen LogP contribution >= 0.6 is 11.3 Å². The third-order valence-corrected chi connectivity index (χ3v) is 3.55. The van der Waals surface area contributed by atoms with Crippen LogP contribution < -0.4 is 5.32 Å². The van der Waals surface area contributed by atoms with Crippen LogP contribution in [0.15, 0.2) is 5.38 Å². The van der Waals surface area contributed by atoms with Crippen LogP contribution in [0.5, 0.6) is 0 Å². The Balaban J connectivity index is 2.33. The highest BCUT2D eigenvalue weighted by Gasteiger charge is 2.17. The van der Waals surface area contributed by atoms with Crippen LogP contribution in [0.1, 0.15) is 37.9 Å². The molecule has 0 bridgehead atoms. The number of nitrogens with one attached hydrogen (secondary N) is 1. The Labute approximate surface area is 106 Å². The molecule has 0 amide bonds. The van der Waals surface area contributed by atoms with Gasteiger partial charge in [0.2, 0.25) is 0 Å². The Morgan fingerprint density at radius 2 is 2.24 bits per heavy atom. The van der Waals surface area contributed by atoms with Gasteiger partial charge in [-0.25, -0.2) is 4.98 Å². The highest BCUT2D eigenvalue weighted by Crippen LogP contribution is 2.25. The fourth-order valence-electron chi connectivity index (χ4n) is 1.24. The second kappa shape index (κ2) is 6.12. The molecule has 0 spiro atoms. The maximum Gasteiger partial charge on any atom is 0.306 e. The topological polar surface area (TPSA) is 51.2 Å². The van der Waals surface area contributed by atoms with Crippen molar-refractivity contribution >= 4 is 17.3 Å². The quantitative estimate of drug-likeness (QED) is 0.647. The lowest BCUT2D eigenvalue weighted by molar-refractivity contribution is -0.140. The molecule has 1 N–H and O–H groups in total. The van der Waals surface area contributed by atoms with Crippen LogP contribution in [0.3, 0.4) is 0 Å². The van der Waals surface area contributed by atoms with E-state index in [4.69, 9.17) is 0 Å². The molecule has 0 saturated carbocycles. The van der Waals surface area contributed by atoms with Crippen LogP contribution in [-0.2, 0) is 21.5 Å². The zero-order valence-electron chi connectivity index (χ0n) is 10.9. The molecule has 0 atom stereocenters. The van der Waals surface area contributed by atoms with E-state index in [0.717, 1.165) is 10.7 Å². The van der Waals surface area contributed by atoms with Crippen molar-refractivity contribution in [1.29, 1.82) is 0 Å². The molecule has 96 valence electrons. The molecule has 0 saturated heterocycles. The average molecular weight is 256 g/mol. The monoisotopic (exact) mass is 256 g/mol. The molecular formula is C12H20N2O2S. The van der Waals surface area contributed by atoms with Gasteiger partial charge in [0.25, 0.3) is 0 Å². The molecule has 0 unspecified atom stereocenters. The molecule has 0 aliphatic heterocycles. The SMILES string of the molecule is COC(=O)CCNCc1csc(C(C)(C)C)n1. The molecule has 1 heterocycles. The molecule has 0 aliphatic rings. The van der Waals surface area contributed by atoms with Crippen LogP contribution in [0.2, 0.25) is 0 Å². The zero-order chi connectivity index (χ0) is 12.9. The maximum absolute atomic E-state index is 10.9. The third kappa shape index (κ3) is 4.83. The summed E-state index contributed by atoms with van der Waals surface area (Å²) in [5.74, 6) is -0.189. The summed E-state index contributed by atoms with van der Waals surface area (Å²) in [5, 5.41) is 6.38. The Hall–Kier alpha value is -0.940. The number of rotatable bonds is 5. The van der Waals surface area contributed by atoms with Gasteiger partial charge >= 0.3 is 5.97 Å². The van der Waals surface area contributed by atoms with Crippen molar-refractivity contribution in [3.05, 3.63) is 16.1 Å². The van der Waals surface area contributed by atoms with Gasteiger partial charge in [-0.2, -0.15) is 0 Å². The Bertz CT molecular complexity index is 369. The Kier molecular flexibility index (Phi) is 5.08. The van der Waals surface area contributed by atoms with Gasteiger partial charge in [0.15, 0.2) is 0 Å². The fourth-order valence-corrected chi connectivity index (χ4v) is 2.15. The number of esters is 1. The normalized spacial score (nSPS) is 11.5. The van der Waals surface area contributed by atoms with Gasteiger partial charge in [-0.05, 0) is 0 Å². The molecule has 17 heavy (non-hydrogen) atoms. The van der Waals surface area contributed by atoms with Crippen molar-refractivity contribution in [2.75, 3.05) is 13.7 Å². The number of ether oxygens (including phenoxy) is 1. The highest BCUT2D eigenvalue weighted by atomic mass is 32.1. The minimum absolute atomic E-state index is 0.106. The number of hydrogen-bond donors (Lipinski definition) is 1. The van der Waals surface area contributed by atoms with Gasteiger partial charge in [-0.3, -0.25) is 4.79 Å². The van der Waals surface area contributed by atoms with Gasteiger partial charge in [0, 0.05) is 23.9 Å². The van der Waals surface area contributed by atoms with Crippen LogP contribution in [0.4, 0.5) is 0 Å². The minimum Gasteiger partial charge on any atom is -0.469 e. The molecule has 0 fully saturated rings. The largest absolute Gasteiger partial charge is 0.469 e. The Morgan fingerprint density at radius 3 is 2.76 bits per heavy atom. The summed E-state index contributed by atoms with van der Waals surface area (Å²) in [7, 11) is 1.40. The van der Waals surface area contributed by atoms with Gasteiger partial charge < -0.3 is 10.1 Å². The van der Waals surface area contributed by atoms with Crippen molar-refractivity contribution in [2.24, 2.45) is 0 Å². The average Bonchev–Trinajstić information content (AvgIpc) is 2.72. The Morgan fingerprint density at radius 1 is 1.53 bits per heavy atom. The number of thiazole rings is 1. The van der Waals surface area contributed by atoms with E-state index < -0.39 is 0 Å². The lowest BCUT2D eigenvalue weighted by atomic mass is 9.98. The molecule has 1 aromatic heterocycles. The summed E-state index contributed by atoms with van der Waals surface area (Å²) >= 11 is 1.68. The standard InChI is InChI=1S/C12H20N2O2S/c1-12(2,3)11-14-9(8-17-11)7-13-6-5-10(15)16-4/h8,13H,5-7H2,1-4H3. The zero-order valence-corrected chi connectivity index (χ0v) is 11.7. The van der Waals surface area contributed by atoms with E-state index in [2.05, 4.69) is 41.2 Å². The maximum atomic E-state index is 10.9. The molecule has 1 aromatic rings. The van der Waals surface area contributed by atoms with Crippen molar-refractivity contribution in [1.82, 2.24) is 10.3 Å². The first-order valence-electron chi connectivity index (χ1n) is 5.66. The molecule has 5 heteroatoms. The second-order valence-corrected chi connectivity index (χ2v) is 5.76. The third-order valence-electron chi connectivity index (χ3n) is 2.23. The van der Waals surface area contributed by atoms with E-state index >= 15 is 0 Å². The first kappa shape index (κ1) is 14.1. The number of carbonyl (C=O) groups excluding carboxylic acids is 1. The number of aromatic nitrogens is 1. The summed E-state index contributed by atoms with van der Waals surface area (Å²) < 4.78 is 4.56. The summed E-state index contributed by atoms with van der Waals surface area (Å²) in [5.41, 5.74) is 1.14. The summed E-state index contributed by atoms with van der Waals surface area (Å²) in [6.07, 6.45) is 0.396. The summed E-state index contributed by atoms with van der Waals surface area (Å²) in [4.78, 5) is 15.4. The van der Waals surface area contributed by atoms with Crippen LogP contribution in [0, 0.1) is 0 Å². The molecular weight excluding hydrogens is 236 g/mol. The number of nitrogens with zero attached hydrogens (tertiary/aromatic N) is 1. The summed E-state index contributed by atoms with van der Waals surface area (Å²) in [6, 6.07) is 0. The first-order chi connectivity index (χ1) is 7.93. The molecule has 4 nitrogen and oxygen atoms in total. The van der Waals surface area contributed by atoms with Gasteiger partial charge in [0.05, 0.1) is 24.2 Å². The van der Waals surface area contributed by atoms with E-state index in [0.29, 0.717) is 19.5 Å². The van der Waals surface area contributed by atoms with Crippen LogP contribution in [-0.4, -0.2) is 24.6 Å². The highest BCUT2D eigenvalue weighted by molar-refractivity contribution is 7.09. The minimum atomic E-state index is -0.189. The van der Waals surface area contributed by atoms with Crippen molar-refractivity contribution in [2.45, 2.75) is 39.2 Å². The second-order valence-electron chi connectivity index (χ2n) is 4.90. The molecule has 0 radical (unpaired) electrons. The van der Waals surface area contributed by atoms with E-state index in [9.17, 15) is 4.79 Å². The fraction of sp³-hybridized carbons (Fsp3) is 0.667. The van der Waals surface area contributed by atoms with Gasteiger partial charge in [0.1, 0.15) is 0 Å². The van der Waals surface area contributed by atoms with Gasteiger partial charge in [-0.1, -0.05) is 20.8 Å². The van der Waals surface area contributed by atoms with Crippen LogP contribution in [0.25, 0.3) is 0 Å². The lowest BCUT2D eigenvalue weighted by Gasteiger charge is -2.13. The molecule has 0 aromatic carbocycles. The summed E-state index contributed by atoms with van der Waals surface area (Å²) in [6.45, 7) is 7.78. The first-order valence-corrected chi connectivity index (χ1v) is 6.54. The van der Waals surface area contributed by atoms with E-state index in [1.165, 1.54) is 7.11 Å². The smallest absolute Gasteiger partial charge is 0.306 e. The van der Waals surface area contributed by atoms with Crippen molar-refractivity contribution in [3.63, 3.8) is 0 Å².